The zero-order chi connectivity index (χ0) is 17.1. The molecule has 1 aliphatic rings. The number of hydrogen-bond donors (Lipinski definition) is 1. The first-order valence-electron chi connectivity index (χ1n) is 8.48. The molecule has 3 heterocycles. The number of thiophene rings is 1. The summed E-state index contributed by atoms with van der Waals surface area (Å²) in [6.07, 6.45) is 7.14. The van der Waals surface area contributed by atoms with Gasteiger partial charge in [-0.15, -0.1) is 0 Å². The van der Waals surface area contributed by atoms with Gasteiger partial charge in [-0.25, -0.2) is 4.68 Å². The van der Waals surface area contributed by atoms with Gasteiger partial charge >= 0.3 is 0 Å². The Balaban J connectivity index is 1.33. The van der Waals surface area contributed by atoms with Gasteiger partial charge in [-0.1, -0.05) is 18.0 Å². The van der Waals surface area contributed by atoms with Gasteiger partial charge in [0, 0.05) is 29.9 Å². The SMILES string of the molecule is O=C(CCc1nc(-c2ccsc2)no1)Nc1ccnn1C1CCCC1. The molecule has 1 N–H and O–H groups in total. The maximum Gasteiger partial charge on any atom is 0.227 e. The molecule has 130 valence electrons. The van der Waals surface area contributed by atoms with Gasteiger partial charge in [-0.2, -0.15) is 21.4 Å². The summed E-state index contributed by atoms with van der Waals surface area (Å²) in [7, 11) is 0. The average molecular weight is 357 g/mol. The van der Waals surface area contributed by atoms with E-state index in [1.54, 1.807) is 17.5 Å². The molecule has 1 amide bonds. The Hall–Kier alpha value is -2.48. The molecule has 0 aromatic carbocycles. The predicted octanol–water partition coefficient (Wildman–Crippen LogP) is 3.68. The van der Waals surface area contributed by atoms with Crippen molar-refractivity contribution in [2.24, 2.45) is 0 Å². The second kappa shape index (κ2) is 7.18. The van der Waals surface area contributed by atoms with E-state index in [1.807, 2.05) is 27.6 Å². The Morgan fingerprint density at radius 2 is 2.24 bits per heavy atom. The number of rotatable bonds is 6. The van der Waals surface area contributed by atoms with Crippen LogP contribution in [0.2, 0.25) is 0 Å². The molecule has 1 saturated carbocycles. The number of carbonyl (C=O) groups is 1. The van der Waals surface area contributed by atoms with Crippen molar-refractivity contribution >= 4 is 23.1 Å². The Bertz CT molecular complexity index is 833. The molecular formula is C17H19N5O2S. The summed E-state index contributed by atoms with van der Waals surface area (Å²) in [6, 6.07) is 4.18. The van der Waals surface area contributed by atoms with Gasteiger partial charge in [0.15, 0.2) is 0 Å². The fraction of sp³-hybridized carbons (Fsp3) is 0.412. The molecule has 0 radical (unpaired) electrons. The first-order valence-corrected chi connectivity index (χ1v) is 9.42. The highest BCUT2D eigenvalue weighted by atomic mass is 32.1. The van der Waals surface area contributed by atoms with E-state index < -0.39 is 0 Å². The maximum atomic E-state index is 12.2. The Labute approximate surface area is 149 Å². The van der Waals surface area contributed by atoms with Gasteiger partial charge in [-0.3, -0.25) is 4.79 Å². The number of aryl methyl sites for hydroxylation is 1. The van der Waals surface area contributed by atoms with Crippen LogP contribution in [0.4, 0.5) is 5.82 Å². The van der Waals surface area contributed by atoms with Crippen LogP contribution in [0.25, 0.3) is 11.4 Å². The molecule has 25 heavy (non-hydrogen) atoms. The summed E-state index contributed by atoms with van der Waals surface area (Å²) in [6.45, 7) is 0. The minimum Gasteiger partial charge on any atom is -0.339 e. The van der Waals surface area contributed by atoms with Crippen molar-refractivity contribution in [3.05, 3.63) is 35.0 Å². The maximum absolute atomic E-state index is 12.2. The lowest BCUT2D eigenvalue weighted by atomic mass is 10.2. The lowest BCUT2D eigenvalue weighted by Gasteiger charge is -2.14. The molecular weight excluding hydrogens is 338 g/mol. The van der Waals surface area contributed by atoms with E-state index in [-0.39, 0.29) is 5.91 Å². The second-order valence-corrected chi connectivity index (χ2v) is 6.95. The molecule has 0 atom stereocenters. The zero-order valence-electron chi connectivity index (χ0n) is 13.7. The van der Waals surface area contributed by atoms with E-state index in [0.717, 1.165) is 24.2 Å². The number of nitrogens with one attached hydrogen (secondary N) is 1. The Morgan fingerprint density at radius 3 is 3.04 bits per heavy atom. The van der Waals surface area contributed by atoms with Gasteiger partial charge in [0.25, 0.3) is 0 Å². The van der Waals surface area contributed by atoms with Gasteiger partial charge in [0.2, 0.25) is 17.6 Å². The van der Waals surface area contributed by atoms with Gasteiger partial charge in [0.05, 0.1) is 12.2 Å². The highest BCUT2D eigenvalue weighted by molar-refractivity contribution is 7.08. The number of aromatic nitrogens is 4. The minimum absolute atomic E-state index is 0.0740. The van der Waals surface area contributed by atoms with Crippen LogP contribution in [0.3, 0.4) is 0 Å². The van der Waals surface area contributed by atoms with Crippen LogP contribution in [0, 0.1) is 0 Å². The largest absolute Gasteiger partial charge is 0.339 e. The van der Waals surface area contributed by atoms with Crippen LogP contribution in [0.1, 0.15) is 44.0 Å². The van der Waals surface area contributed by atoms with Crippen LogP contribution in [0.15, 0.2) is 33.6 Å². The van der Waals surface area contributed by atoms with E-state index in [9.17, 15) is 4.79 Å². The van der Waals surface area contributed by atoms with Crippen LogP contribution in [-0.4, -0.2) is 25.8 Å². The van der Waals surface area contributed by atoms with Crippen LogP contribution in [-0.2, 0) is 11.2 Å². The number of hydrogen-bond acceptors (Lipinski definition) is 6. The molecule has 0 spiro atoms. The minimum atomic E-state index is -0.0740. The van der Waals surface area contributed by atoms with Crippen LogP contribution in [0.5, 0.6) is 0 Å². The summed E-state index contributed by atoms with van der Waals surface area (Å²) in [5.74, 6) is 1.73. The van der Waals surface area contributed by atoms with E-state index in [4.69, 9.17) is 4.52 Å². The molecule has 0 bridgehead atoms. The average Bonchev–Trinajstić information content (AvgIpc) is 3.40. The molecule has 4 rings (SSSR count). The highest BCUT2D eigenvalue weighted by Crippen LogP contribution is 2.31. The third-order valence-corrected chi connectivity index (χ3v) is 5.10. The first-order chi connectivity index (χ1) is 12.3. The van der Waals surface area contributed by atoms with Crippen molar-refractivity contribution < 1.29 is 9.32 Å². The Morgan fingerprint density at radius 1 is 1.36 bits per heavy atom. The summed E-state index contributed by atoms with van der Waals surface area (Å²) >= 11 is 1.58. The van der Waals surface area contributed by atoms with Crippen molar-refractivity contribution in [1.29, 1.82) is 0 Å². The number of anilines is 1. The van der Waals surface area contributed by atoms with E-state index in [0.29, 0.717) is 30.6 Å². The monoisotopic (exact) mass is 357 g/mol. The van der Waals surface area contributed by atoms with Gasteiger partial charge < -0.3 is 9.84 Å². The first kappa shape index (κ1) is 16.0. The van der Waals surface area contributed by atoms with Crippen molar-refractivity contribution in [2.45, 2.75) is 44.6 Å². The standard InChI is InChI=1S/C17H19N5O2S/c23-15(19-14-7-9-18-22(14)13-3-1-2-4-13)5-6-16-20-17(21-24-16)12-8-10-25-11-12/h7-11,13H,1-6H2,(H,19,23). The molecule has 0 unspecified atom stereocenters. The number of nitrogens with zero attached hydrogens (tertiary/aromatic N) is 4. The van der Waals surface area contributed by atoms with Gasteiger partial charge in [-0.05, 0) is 24.3 Å². The van der Waals surface area contributed by atoms with Crippen molar-refractivity contribution in [2.75, 3.05) is 5.32 Å². The van der Waals surface area contributed by atoms with Crippen LogP contribution < -0.4 is 5.32 Å². The second-order valence-electron chi connectivity index (χ2n) is 6.17. The summed E-state index contributed by atoms with van der Waals surface area (Å²) < 4.78 is 7.16. The summed E-state index contributed by atoms with van der Waals surface area (Å²) in [5, 5.41) is 15.2. The molecule has 0 saturated heterocycles. The summed E-state index contributed by atoms with van der Waals surface area (Å²) in [4.78, 5) is 16.6. The normalized spacial score (nSPS) is 14.9. The van der Waals surface area contributed by atoms with Crippen molar-refractivity contribution in [3.63, 3.8) is 0 Å². The molecule has 1 aliphatic carbocycles. The molecule has 8 heteroatoms. The molecule has 3 aromatic rings. The van der Waals surface area contributed by atoms with Gasteiger partial charge in [0.1, 0.15) is 5.82 Å². The predicted molar refractivity (Wildman–Crippen MR) is 94.3 cm³/mol. The zero-order valence-corrected chi connectivity index (χ0v) is 14.5. The third kappa shape index (κ3) is 3.63. The Kier molecular flexibility index (Phi) is 4.60. The summed E-state index contributed by atoms with van der Waals surface area (Å²) in [5.41, 5.74) is 0.935. The fourth-order valence-electron chi connectivity index (χ4n) is 3.14. The quantitative estimate of drug-likeness (QED) is 0.727. The van der Waals surface area contributed by atoms with E-state index in [2.05, 4.69) is 20.6 Å². The van der Waals surface area contributed by atoms with Crippen LogP contribution >= 0.6 is 11.3 Å². The number of carbonyl (C=O) groups excluding carboxylic acids is 1. The molecule has 1 fully saturated rings. The van der Waals surface area contributed by atoms with E-state index in [1.165, 1.54) is 12.8 Å². The topological polar surface area (TPSA) is 85.8 Å². The lowest BCUT2D eigenvalue weighted by molar-refractivity contribution is -0.116. The molecule has 7 nitrogen and oxygen atoms in total. The highest BCUT2D eigenvalue weighted by Gasteiger charge is 2.20. The van der Waals surface area contributed by atoms with Crippen molar-refractivity contribution in [3.8, 4) is 11.4 Å². The van der Waals surface area contributed by atoms with E-state index >= 15 is 0 Å². The molecule has 3 aromatic heterocycles. The lowest BCUT2D eigenvalue weighted by Crippen LogP contribution is -2.18. The third-order valence-electron chi connectivity index (χ3n) is 4.42. The smallest absolute Gasteiger partial charge is 0.227 e. The number of amides is 1. The fourth-order valence-corrected chi connectivity index (χ4v) is 3.78. The van der Waals surface area contributed by atoms with Crippen molar-refractivity contribution in [1.82, 2.24) is 19.9 Å². The molecule has 0 aliphatic heterocycles.